The van der Waals surface area contributed by atoms with Gasteiger partial charge in [0.1, 0.15) is 5.78 Å². The van der Waals surface area contributed by atoms with Gasteiger partial charge in [0.2, 0.25) is 0 Å². The van der Waals surface area contributed by atoms with Crippen molar-refractivity contribution in [1.29, 1.82) is 0 Å². The number of hydrogen-bond donors (Lipinski definition) is 1. The Hall–Kier alpha value is -1.15. The first-order chi connectivity index (χ1) is 7.74. The van der Waals surface area contributed by atoms with Crippen LogP contribution in [0.1, 0.15) is 37.9 Å². The molecule has 16 heavy (non-hydrogen) atoms. The summed E-state index contributed by atoms with van der Waals surface area (Å²) in [6.07, 6.45) is 1.92. The molecule has 0 spiro atoms. The monoisotopic (exact) mass is 218 g/mol. The van der Waals surface area contributed by atoms with Gasteiger partial charge < -0.3 is 5.11 Å². The van der Waals surface area contributed by atoms with Crippen LogP contribution in [0.4, 0.5) is 0 Å². The van der Waals surface area contributed by atoms with Crippen LogP contribution in [-0.2, 0) is 4.79 Å². The third-order valence-corrected chi connectivity index (χ3v) is 3.65. The highest BCUT2D eigenvalue weighted by Crippen LogP contribution is 2.39. The van der Waals surface area contributed by atoms with Crippen molar-refractivity contribution in [2.24, 2.45) is 11.8 Å². The van der Waals surface area contributed by atoms with E-state index >= 15 is 0 Å². The fourth-order valence-electron chi connectivity index (χ4n) is 2.69. The normalized spacial score (nSPS) is 27.0. The van der Waals surface area contributed by atoms with Gasteiger partial charge in [0.15, 0.2) is 0 Å². The van der Waals surface area contributed by atoms with Crippen LogP contribution in [-0.4, -0.2) is 10.9 Å². The fraction of sp³-hybridized carbons (Fsp3) is 0.500. The van der Waals surface area contributed by atoms with Crippen molar-refractivity contribution in [1.82, 2.24) is 0 Å². The SMILES string of the molecule is CC[C@@H]1CCC(=O)[C@H]1[C@H](O)c1ccccc1. The maximum atomic E-state index is 11.8. The first-order valence-electron chi connectivity index (χ1n) is 5.99. The number of carbonyl (C=O) groups is 1. The van der Waals surface area contributed by atoms with Crippen molar-refractivity contribution in [3.63, 3.8) is 0 Å². The topological polar surface area (TPSA) is 37.3 Å². The Morgan fingerprint density at radius 1 is 1.38 bits per heavy atom. The molecule has 3 atom stereocenters. The van der Waals surface area contributed by atoms with Crippen molar-refractivity contribution in [2.45, 2.75) is 32.3 Å². The molecule has 1 fully saturated rings. The molecule has 86 valence electrons. The van der Waals surface area contributed by atoms with Gasteiger partial charge in [0.05, 0.1) is 12.0 Å². The van der Waals surface area contributed by atoms with Crippen molar-refractivity contribution < 1.29 is 9.90 Å². The first-order valence-corrected chi connectivity index (χ1v) is 5.99. The highest BCUT2D eigenvalue weighted by atomic mass is 16.3. The molecule has 0 radical (unpaired) electrons. The van der Waals surface area contributed by atoms with Crippen LogP contribution in [0, 0.1) is 11.8 Å². The van der Waals surface area contributed by atoms with Crippen molar-refractivity contribution in [3.05, 3.63) is 35.9 Å². The molecule has 2 nitrogen and oxygen atoms in total. The zero-order valence-electron chi connectivity index (χ0n) is 9.60. The van der Waals surface area contributed by atoms with E-state index in [0.717, 1.165) is 18.4 Å². The maximum Gasteiger partial charge on any atom is 0.139 e. The van der Waals surface area contributed by atoms with Gasteiger partial charge in [-0.2, -0.15) is 0 Å². The van der Waals surface area contributed by atoms with Crippen LogP contribution in [0.3, 0.4) is 0 Å². The number of ketones is 1. The smallest absolute Gasteiger partial charge is 0.139 e. The molecule has 1 aliphatic carbocycles. The number of carbonyl (C=O) groups excluding carboxylic acids is 1. The molecule has 1 aromatic carbocycles. The second-order valence-electron chi connectivity index (χ2n) is 4.55. The molecule has 1 aliphatic rings. The number of aliphatic hydroxyl groups excluding tert-OH is 1. The quantitative estimate of drug-likeness (QED) is 0.847. The maximum absolute atomic E-state index is 11.8. The Morgan fingerprint density at radius 3 is 2.69 bits per heavy atom. The number of benzene rings is 1. The van der Waals surface area contributed by atoms with Gasteiger partial charge in [-0.25, -0.2) is 0 Å². The van der Waals surface area contributed by atoms with Gasteiger partial charge in [0, 0.05) is 6.42 Å². The Bertz CT molecular complexity index is 358. The van der Waals surface area contributed by atoms with E-state index in [4.69, 9.17) is 0 Å². The summed E-state index contributed by atoms with van der Waals surface area (Å²) in [4.78, 5) is 11.8. The molecule has 0 saturated heterocycles. The molecule has 2 heteroatoms. The van der Waals surface area contributed by atoms with Crippen molar-refractivity contribution in [3.8, 4) is 0 Å². The molecule has 0 heterocycles. The fourth-order valence-corrected chi connectivity index (χ4v) is 2.69. The predicted octanol–water partition coefficient (Wildman–Crippen LogP) is 2.73. The summed E-state index contributed by atoms with van der Waals surface area (Å²) < 4.78 is 0. The van der Waals surface area contributed by atoms with Crippen LogP contribution >= 0.6 is 0 Å². The Labute approximate surface area is 96.3 Å². The molecular formula is C14H18O2. The standard InChI is InChI=1S/C14H18O2/c1-2-10-8-9-12(15)13(10)14(16)11-6-4-3-5-7-11/h3-7,10,13-14,16H,2,8-9H2,1H3/t10-,13+,14-/m1/s1. The van der Waals surface area contributed by atoms with Crippen LogP contribution in [0.25, 0.3) is 0 Å². The average molecular weight is 218 g/mol. The Morgan fingerprint density at radius 2 is 2.06 bits per heavy atom. The van der Waals surface area contributed by atoms with Gasteiger partial charge in [-0.1, -0.05) is 43.7 Å². The van der Waals surface area contributed by atoms with E-state index in [1.54, 1.807) is 0 Å². The van der Waals surface area contributed by atoms with E-state index in [-0.39, 0.29) is 11.7 Å². The lowest BCUT2D eigenvalue weighted by Gasteiger charge is -2.22. The van der Waals surface area contributed by atoms with E-state index in [1.807, 2.05) is 30.3 Å². The third-order valence-electron chi connectivity index (χ3n) is 3.65. The van der Waals surface area contributed by atoms with Crippen LogP contribution in [0.2, 0.25) is 0 Å². The summed E-state index contributed by atoms with van der Waals surface area (Å²) in [5, 5.41) is 10.3. The lowest BCUT2D eigenvalue weighted by atomic mass is 9.85. The lowest BCUT2D eigenvalue weighted by Crippen LogP contribution is -2.22. The minimum atomic E-state index is -0.624. The Kier molecular flexibility index (Phi) is 3.39. The van der Waals surface area contributed by atoms with Gasteiger partial charge >= 0.3 is 0 Å². The highest BCUT2D eigenvalue weighted by molar-refractivity contribution is 5.84. The number of Topliss-reactive ketones (excluding diaryl/α,β-unsaturated/α-hetero) is 1. The molecular weight excluding hydrogens is 200 g/mol. The second kappa shape index (κ2) is 4.79. The van der Waals surface area contributed by atoms with Gasteiger partial charge in [-0.15, -0.1) is 0 Å². The van der Waals surface area contributed by atoms with E-state index in [0.29, 0.717) is 12.3 Å². The lowest BCUT2D eigenvalue weighted by molar-refractivity contribution is -0.124. The molecule has 0 amide bonds. The number of aliphatic hydroxyl groups is 1. The molecule has 0 aliphatic heterocycles. The molecule has 0 unspecified atom stereocenters. The Balaban J connectivity index is 2.20. The molecule has 1 N–H and O–H groups in total. The largest absolute Gasteiger partial charge is 0.388 e. The van der Waals surface area contributed by atoms with E-state index in [9.17, 15) is 9.90 Å². The average Bonchev–Trinajstić information content (AvgIpc) is 2.70. The zero-order chi connectivity index (χ0) is 11.5. The number of rotatable bonds is 3. The summed E-state index contributed by atoms with van der Waals surface area (Å²) in [7, 11) is 0. The van der Waals surface area contributed by atoms with Crippen molar-refractivity contribution >= 4 is 5.78 Å². The number of hydrogen-bond acceptors (Lipinski definition) is 2. The van der Waals surface area contributed by atoms with Gasteiger partial charge in [-0.3, -0.25) is 4.79 Å². The molecule has 2 rings (SSSR count). The second-order valence-corrected chi connectivity index (χ2v) is 4.55. The summed E-state index contributed by atoms with van der Waals surface area (Å²) >= 11 is 0. The summed E-state index contributed by atoms with van der Waals surface area (Å²) in [5.41, 5.74) is 0.862. The third kappa shape index (κ3) is 2.03. The minimum absolute atomic E-state index is 0.188. The molecule has 0 aromatic heterocycles. The van der Waals surface area contributed by atoms with Crippen molar-refractivity contribution in [2.75, 3.05) is 0 Å². The van der Waals surface area contributed by atoms with Crippen LogP contribution in [0.15, 0.2) is 30.3 Å². The summed E-state index contributed by atoms with van der Waals surface area (Å²) in [6.45, 7) is 2.09. The van der Waals surface area contributed by atoms with Gasteiger partial charge in [0.25, 0.3) is 0 Å². The van der Waals surface area contributed by atoms with Crippen LogP contribution < -0.4 is 0 Å². The summed E-state index contributed by atoms with van der Waals surface area (Å²) in [5.74, 6) is 0.387. The predicted molar refractivity (Wildman–Crippen MR) is 62.9 cm³/mol. The van der Waals surface area contributed by atoms with E-state index in [2.05, 4.69) is 6.92 Å². The molecule has 1 saturated carbocycles. The van der Waals surface area contributed by atoms with Gasteiger partial charge in [-0.05, 0) is 17.9 Å². The van der Waals surface area contributed by atoms with E-state index in [1.165, 1.54) is 0 Å². The first kappa shape index (κ1) is 11.3. The summed E-state index contributed by atoms with van der Waals surface area (Å²) in [6, 6.07) is 9.51. The molecule has 1 aromatic rings. The molecule has 0 bridgehead atoms. The van der Waals surface area contributed by atoms with Crippen LogP contribution in [0.5, 0.6) is 0 Å². The zero-order valence-corrected chi connectivity index (χ0v) is 9.60. The van der Waals surface area contributed by atoms with E-state index < -0.39 is 6.10 Å². The minimum Gasteiger partial charge on any atom is -0.388 e. The highest BCUT2D eigenvalue weighted by Gasteiger charge is 2.38.